The van der Waals surface area contributed by atoms with Gasteiger partial charge in [0.25, 0.3) is 5.91 Å². The first-order valence-corrected chi connectivity index (χ1v) is 10.5. The van der Waals surface area contributed by atoms with E-state index in [0.717, 1.165) is 4.88 Å². The Labute approximate surface area is 157 Å². The number of thiazole rings is 1. The van der Waals surface area contributed by atoms with Gasteiger partial charge in [0.1, 0.15) is 0 Å². The van der Waals surface area contributed by atoms with E-state index in [2.05, 4.69) is 10.3 Å². The molecular weight excluding hydrogens is 374 g/mol. The second kappa shape index (κ2) is 7.43. The van der Waals surface area contributed by atoms with Gasteiger partial charge < -0.3 is 4.74 Å². The summed E-state index contributed by atoms with van der Waals surface area (Å²) in [5, 5.41) is 3.17. The monoisotopic (exact) mass is 395 g/mol. The van der Waals surface area contributed by atoms with Gasteiger partial charge in [-0.2, -0.15) is 4.31 Å². The number of anilines is 1. The van der Waals surface area contributed by atoms with Crippen LogP contribution in [0.1, 0.15) is 29.1 Å². The van der Waals surface area contributed by atoms with E-state index in [-0.39, 0.29) is 28.6 Å². The first-order valence-electron chi connectivity index (χ1n) is 8.25. The summed E-state index contributed by atoms with van der Waals surface area (Å²) in [6.45, 7) is 6.17. The van der Waals surface area contributed by atoms with Crippen LogP contribution in [0.25, 0.3) is 0 Å². The third kappa shape index (κ3) is 4.12. The first-order chi connectivity index (χ1) is 12.3. The van der Waals surface area contributed by atoms with Gasteiger partial charge in [0.2, 0.25) is 10.0 Å². The number of sulfonamides is 1. The van der Waals surface area contributed by atoms with Crippen LogP contribution >= 0.6 is 11.3 Å². The number of rotatable bonds is 4. The highest BCUT2D eigenvalue weighted by Gasteiger charge is 2.32. The van der Waals surface area contributed by atoms with Crippen molar-refractivity contribution < 1.29 is 17.9 Å². The highest BCUT2D eigenvalue weighted by atomic mass is 32.2. The van der Waals surface area contributed by atoms with Crippen molar-refractivity contribution in [2.24, 2.45) is 0 Å². The van der Waals surface area contributed by atoms with E-state index >= 15 is 0 Å². The number of benzene rings is 1. The maximum atomic E-state index is 12.9. The molecule has 9 heteroatoms. The fraction of sp³-hybridized carbons (Fsp3) is 0.412. The number of carbonyl (C=O) groups excluding carboxylic acids is 1. The van der Waals surface area contributed by atoms with Crippen molar-refractivity contribution in [3.05, 3.63) is 40.9 Å². The molecule has 1 aromatic carbocycles. The van der Waals surface area contributed by atoms with Gasteiger partial charge in [-0.15, -0.1) is 11.3 Å². The Morgan fingerprint density at radius 1 is 1.31 bits per heavy atom. The van der Waals surface area contributed by atoms with Crippen LogP contribution in [0.15, 0.2) is 35.4 Å². The van der Waals surface area contributed by atoms with E-state index in [1.807, 2.05) is 20.8 Å². The SMILES string of the molecule is Cc1cnc(NC(=O)c2cccc(S(=O)(=O)N3C[C@H](C)O[C@@H](C)C3)c2)s1. The van der Waals surface area contributed by atoms with Crippen molar-refractivity contribution >= 4 is 32.4 Å². The van der Waals surface area contributed by atoms with Crippen LogP contribution in [0, 0.1) is 6.92 Å². The summed E-state index contributed by atoms with van der Waals surface area (Å²) < 4.78 is 32.9. The summed E-state index contributed by atoms with van der Waals surface area (Å²) in [5.41, 5.74) is 0.272. The zero-order valence-corrected chi connectivity index (χ0v) is 16.4. The molecule has 0 spiro atoms. The van der Waals surface area contributed by atoms with Crippen LogP contribution < -0.4 is 5.32 Å². The Hall–Kier alpha value is -1.81. The predicted molar refractivity (Wildman–Crippen MR) is 100 cm³/mol. The molecule has 1 amide bonds. The molecule has 7 nitrogen and oxygen atoms in total. The topological polar surface area (TPSA) is 88.6 Å². The quantitative estimate of drug-likeness (QED) is 0.859. The molecular formula is C17H21N3O4S2. The molecule has 26 heavy (non-hydrogen) atoms. The smallest absolute Gasteiger partial charge is 0.257 e. The molecule has 140 valence electrons. The van der Waals surface area contributed by atoms with Crippen LogP contribution in [0.4, 0.5) is 5.13 Å². The van der Waals surface area contributed by atoms with Gasteiger partial charge in [-0.3, -0.25) is 10.1 Å². The second-order valence-electron chi connectivity index (χ2n) is 6.34. The number of nitrogens with one attached hydrogen (secondary N) is 1. The summed E-state index contributed by atoms with van der Waals surface area (Å²) >= 11 is 1.36. The summed E-state index contributed by atoms with van der Waals surface area (Å²) in [6.07, 6.45) is 1.32. The summed E-state index contributed by atoms with van der Waals surface area (Å²) in [6, 6.07) is 6.06. The number of aromatic nitrogens is 1. The molecule has 2 aromatic rings. The maximum absolute atomic E-state index is 12.9. The molecule has 2 heterocycles. The summed E-state index contributed by atoms with van der Waals surface area (Å²) in [5.74, 6) is -0.389. The Bertz CT molecular complexity index is 900. The van der Waals surface area contributed by atoms with Gasteiger partial charge in [-0.05, 0) is 39.0 Å². The van der Waals surface area contributed by atoms with Gasteiger partial charge in [-0.25, -0.2) is 13.4 Å². The number of aryl methyl sites for hydroxylation is 1. The zero-order chi connectivity index (χ0) is 18.9. The fourth-order valence-corrected chi connectivity index (χ4v) is 5.15. The van der Waals surface area contributed by atoms with Crippen LogP contribution in [0.3, 0.4) is 0 Å². The molecule has 3 rings (SSSR count). The van der Waals surface area contributed by atoms with E-state index in [9.17, 15) is 13.2 Å². The minimum atomic E-state index is -3.69. The highest BCUT2D eigenvalue weighted by Crippen LogP contribution is 2.23. The minimum absolute atomic E-state index is 0.0989. The molecule has 0 radical (unpaired) electrons. The van der Waals surface area contributed by atoms with E-state index in [1.54, 1.807) is 18.3 Å². The Morgan fingerprint density at radius 3 is 2.62 bits per heavy atom. The van der Waals surface area contributed by atoms with E-state index < -0.39 is 10.0 Å². The van der Waals surface area contributed by atoms with E-state index in [0.29, 0.717) is 18.2 Å². The molecule has 1 aromatic heterocycles. The van der Waals surface area contributed by atoms with E-state index in [1.165, 1.54) is 27.8 Å². The molecule has 1 fully saturated rings. The third-order valence-corrected chi connectivity index (χ3v) is 6.62. The molecule has 1 saturated heterocycles. The lowest BCUT2D eigenvalue weighted by molar-refractivity contribution is -0.0440. The Kier molecular flexibility index (Phi) is 5.42. The van der Waals surface area contributed by atoms with Gasteiger partial charge >= 0.3 is 0 Å². The Morgan fingerprint density at radius 2 is 2.00 bits per heavy atom. The van der Waals surface area contributed by atoms with Crippen molar-refractivity contribution in [2.75, 3.05) is 18.4 Å². The van der Waals surface area contributed by atoms with Crippen molar-refractivity contribution in [3.63, 3.8) is 0 Å². The number of nitrogens with zero attached hydrogens (tertiary/aromatic N) is 2. The van der Waals surface area contributed by atoms with Crippen LogP contribution in [-0.2, 0) is 14.8 Å². The largest absolute Gasteiger partial charge is 0.373 e. The highest BCUT2D eigenvalue weighted by molar-refractivity contribution is 7.89. The number of hydrogen-bond acceptors (Lipinski definition) is 6. The van der Waals surface area contributed by atoms with Gasteiger partial charge in [-0.1, -0.05) is 6.07 Å². The summed E-state index contributed by atoms with van der Waals surface area (Å²) in [7, 11) is -3.69. The van der Waals surface area contributed by atoms with Crippen LogP contribution in [-0.4, -0.2) is 48.9 Å². The third-order valence-electron chi connectivity index (χ3n) is 3.96. The average molecular weight is 396 g/mol. The number of carbonyl (C=O) groups is 1. The number of ether oxygens (including phenoxy) is 1. The lowest BCUT2D eigenvalue weighted by atomic mass is 10.2. The molecule has 0 unspecified atom stereocenters. The molecule has 2 atom stereocenters. The number of amides is 1. The van der Waals surface area contributed by atoms with Crippen molar-refractivity contribution in [2.45, 2.75) is 37.9 Å². The molecule has 1 aliphatic heterocycles. The van der Waals surface area contributed by atoms with Crippen molar-refractivity contribution in [1.82, 2.24) is 9.29 Å². The van der Waals surface area contributed by atoms with Gasteiger partial charge in [0, 0.05) is 29.7 Å². The number of hydrogen-bond donors (Lipinski definition) is 1. The Balaban J connectivity index is 1.82. The summed E-state index contributed by atoms with van der Waals surface area (Å²) in [4.78, 5) is 17.6. The lowest BCUT2D eigenvalue weighted by Gasteiger charge is -2.34. The van der Waals surface area contributed by atoms with Crippen molar-refractivity contribution in [1.29, 1.82) is 0 Å². The molecule has 0 bridgehead atoms. The molecule has 0 aliphatic carbocycles. The predicted octanol–water partition coefficient (Wildman–Crippen LogP) is 2.50. The van der Waals surface area contributed by atoms with Gasteiger partial charge in [0.05, 0.1) is 17.1 Å². The van der Waals surface area contributed by atoms with Crippen molar-refractivity contribution in [3.8, 4) is 0 Å². The normalized spacial score (nSPS) is 21.5. The first kappa shape index (κ1) is 19.0. The molecule has 1 aliphatic rings. The van der Waals surface area contributed by atoms with E-state index in [4.69, 9.17) is 4.74 Å². The molecule has 1 N–H and O–H groups in total. The lowest BCUT2D eigenvalue weighted by Crippen LogP contribution is -2.48. The average Bonchev–Trinajstić information content (AvgIpc) is 2.99. The standard InChI is InChI=1S/C17H21N3O4S2/c1-11-9-20(10-12(2)24-11)26(22,23)15-6-4-5-14(7-15)16(21)19-17-18-8-13(3)25-17/h4-8,11-12H,9-10H2,1-3H3,(H,18,19,21)/t11-,12-/m0/s1. The van der Waals surface area contributed by atoms with Crippen LogP contribution in [0.5, 0.6) is 0 Å². The fourth-order valence-electron chi connectivity index (χ4n) is 2.86. The zero-order valence-electron chi connectivity index (χ0n) is 14.8. The maximum Gasteiger partial charge on any atom is 0.257 e. The van der Waals surface area contributed by atoms with Gasteiger partial charge in [0.15, 0.2) is 5.13 Å². The molecule has 0 saturated carbocycles. The number of morpholine rings is 1. The van der Waals surface area contributed by atoms with Crippen LogP contribution in [0.2, 0.25) is 0 Å². The minimum Gasteiger partial charge on any atom is -0.373 e. The second-order valence-corrected chi connectivity index (χ2v) is 9.51.